The molecular weight excluding hydrogens is 252 g/mol. The number of nitrogens with one attached hydrogen (secondary N) is 1. The maximum absolute atomic E-state index is 5.10. The number of aromatic nitrogens is 2. The molecule has 0 radical (unpaired) electrons. The van der Waals surface area contributed by atoms with Gasteiger partial charge in [0.05, 0.1) is 25.0 Å². The minimum Gasteiger partial charge on any atom is -0.383 e. The SMILES string of the molecule is COCCn1cc(N2CC(C(C)(C)C)NCC2C)cn1. The summed E-state index contributed by atoms with van der Waals surface area (Å²) in [5.41, 5.74) is 1.48. The van der Waals surface area contributed by atoms with Gasteiger partial charge >= 0.3 is 0 Å². The van der Waals surface area contributed by atoms with Gasteiger partial charge in [0.1, 0.15) is 0 Å². The predicted molar refractivity (Wildman–Crippen MR) is 82.2 cm³/mol. The van der Waals surface area contributed by atoms with Crippen LogP contribution in [0.3, 0.4) is 0 Å². The molecule has 1 aliphatic rings. The van der Waals surface area contributed by atoms with Crippen molar-refractivity contribution in [2.24, 2.45) is 5.41 Å². The van der Waals surface area contributed by atoms with Crippen molar-refractivity contribution < 1.29 is 4.74 Å². The molecule has 0 saturated carbocycles. The van der Waals surface area contributed by atoms with Gasteiger partial charge in [0.25, 0.3) is 0 Å². The Balaban J connectivity index is 2.07. The first-order valence-corrected chi connectivity index (χ1v) is 7.43. The molecule has 0 aliphatic carbocycles. The molecular formula is C15H28N4O. The van der Waals surface area contributed by atoms with Gasteiger partial charge in [0.2, 0.25) is 0 Å². The van der Waals surface area contributed by atoms with Crippen LogP contribution in [0.1, 0.15) is 27.7 Å². The molecule has 1 N–H and O–H groups in total. The van der Waals surface area contributed by atoms with Crippen molar-refractivity contribution >= 4 is 5.69 Å². The van der Waals surface area contributed by atoms with Crippen LogP contribution in [0.2, 0.25) is 0 Å². The molecule has 0 aromatic carbocycles. The van der Waals surface area contributed by atoms with Crippen molar-refractivity contribution in [3.8, 4) is 0 Å². The van der Waals surface area contributed by atoms with Gasteiger partial charge in [-0.3, -0.25) is 4.68 Å². The number of anilines is 1. The molecule has 2 rings (SSSR count). The van der Waals surface area contributed by atoms with Gasteiger partial charge in [-0.05, 0) is 12.3 Å². The van der Waals surface area contributed by atoms with E-state index in [1.807, 2.05) is 10.9 Å². The van der Waals surface area contributed by atoms with Gasteiger partial charge in [-0.15, -0.1) is 0 Å². The molecule has 2 heterocycles. The number of hydrogen-bond donors (Lipinski definition) is 1. The summed E-state index contributed by atoms with van der Waals surface area (Å²) in [6.07, 6.45) is 4.10. The highest BCUT2D eigenvalue weighted by atomic mass is 16.5. The molecule has 5 heteroatoms. The van der Waals surface area contributed by atoms with Crippen LogP contribution in [0.4, 0.5) is 5.69 Å². The van der Waals surface area contributed by atoms with E-state index in [1.54, 1.807) is 7.11 Å². The van der Waals surface area contributed by atoms with Gasteiger partial charge in [-0.1, -0.05) is 20.8 Å². The fourth-order valence-corrected chi connectivity index (χ4v) is 2.61. The lowest BCUT2D eigenvalue weighted by Crippen LogP contribution is -2.59. The lowest BCUT2D eigenvalue weighted by atomic mass is 9.85. The van der Waals surface area contributed by atoms with E-state index in [2.05, 4.69) is 49.2 Å². The molecule has 1 fully saturated rings. The molecule has 0 bridgehead atoms. The normalized spacial score (nSPS) is 24.1. The van der Waals surface area contributed by atoms with E-state index in [-0.39, 0.29) is 5.41 Å². The van der Waals surface area contributed by atoms with Crippen molar-refractivity contribution in [1.82, 2.24) is 15.1 Å². The molecule has 2 unspecified atom stereocenters. The first-order valence-electron chi connectivity index (χ1n) is 7.43. The second-order valence-electron chi connectivity index (χ2n) is 6.78. The van der Waals surface area contributed by atoms with Crippen LogP contribution in [0.15, 0.2) is 12.4 Å². The molecule has 0 amide bonds. The Morgan fingerprint density at radius 1 is 1.45 bits per heavy atom. The average Bonchev–Trinajstić information content (AvgIpc) is 2.84. The van der Waals surface area contributed by atoms with Crippen LogP contribution >= 0.6 is 0 Å². The number of hydrogen-bond acceptors (Lipinski definition) is 4. The minimum absolute atomic E-state index is 0.268. The van der Waals surface area contributed by atoms with E-state index in [9.17, 15) is 0 Å². The lowest BCUT2D eigenvalue weighted by molar-refractivity contribution is 0.183. The first kappa shape index (κ1) is 15.3. The van der Waals surface area contributed by atoms with E-state index in [1.165, 1.54) is 5.69 Å². The average molecular weight is 280 g/mol. The molecule has 1 aromatic rings. The van der Waals surface area contributed by atoms with Gasteiger partial charge in [-0.2, -0.15) is 5.10 Å². The summed E-state index contributed by atoms with van der Waals surface area (Å²) in [4.78, 5) is 2.46. The summed E-state index contributed by atoms with van der Waals surface area (Å²) >= 11 is 0. The molecule has 1 aliphatic heterocycles. The predicted octanol–water partition coefficient (Wildman–Crippen LogP) is 1.74. The maximum Gasteiger partial charge on any atom is 0.0755 e. The highest BCUT2D eigenvalue weighted by molar-refractivity contribution is 5.44. The Morgan fingerprint density at radius 3 is 2.85 bits per heavy atom. The van der Waals surface area contributed by atoms with Crippen LogP contribution in [0.5, 0.6) is 0 Å². The Bertz CT molecular complexity index is 424. The lowest BCUT2D eigenvalue weighted by Gasteiger charge is -2.44. The quantitative estimate of drug-likeness (QED) is 0.912. The molecule has 1 aromatic heterocycles. The van der Waals surface area contributed by atoms with Gasteiger partial charge in [0.15, 0.2) is 0 Å². The first-order chi connectivity index (χ1) is 9.41. The molecule has 114 valence electrons. The van der Waals surface area contributed by atoms with E-state index < -0.39 is 0 Å². The fraction of sp³-hybridized carbons (Fsp3) is 0.800. The summed E-state index contributed by atoms with van der Waals surface area (Å²) in [6.45, 7) is 12.7. The number of methoxy groups -OCH3 is 1. The van der Waals surface area contributed by atoms with E-state index in [0.29, 0.717) is 18.7 Å². The van der Waals surface area contributed by atoms with Crippen LogP contribution in [-0.2, 0) is 11.3 Å². The molecule has 2 atom stereocenters. The zero-order valence-corrected chi connectivity index (χ0v) is 13.4. The Labute approximate surface area is 122 Å². The molecule has 5 nitrogen and oxygen atoms in total. The van der Waals surface area contributed by atoms with Crippen molar-refractivity contribution in [3.63, 3.8) is 0 Å². The second kappa shape index (κ2) is 6.14. The van der Waals surface area contributed by atoms with Crippen LogP contribution in [-0.4, -0.2) is 48.7 Å². The maximum atomic E-state index is 5.10. The smallest absolute Gasteiger partial charge is 0.0755 e. The van der Waals surface area contributed by atoms with Crippen LogP contribution in [0.25, 0.3) is 0 Å². The van der Waals surface area contributed by atoms with Gasteiger partial charge in [-0.25, -0.2) is 0 Å². The number of rotatable bonds is 4. The third-order valence-corrected chi connectivity index (χ3v) is 4.09. The zero-order valence-electron chi connectivity index (χ0n) is 13.4. The standard InChI is InChI=1S/C15H28N4O/c1-12-8-16-14(15(2,3)4)11-19(12)13-9-17-18(10-13)6-7-20-5/h9-10,12,14,16H,6-8,11H2,1-5H3. The van der Waals surface area contributed by atoms with E-state index in [4.69, 9.17) is 4.74 Å². The summed E-state index contributed by atoms with van der Waals surface area (Å²) in [5.74, 6) is 0. The van der Waals surface area contributed by atoms with E-state index >= 15 is 0 Å². The van der Waals surface area contributed by atoms with Crippen molar-refractivity contribution in [2.45, 2.75) is 46.3 Å². The summed E-state index contributed by atoms with van der Waals surface area (Å²) in [6, 6.07) is 0.995. The summed E-state index contributed by atoms with van der Waals surface area (Å²) in [7, 11) is 1.72. The van der Waals surface area contributed by atoms with E-state index in [0.717, 1.165) is 19.6 Å². The summed E-state index contributed by atoms with van der Waals surface area (Å²) < 4.78 is 7.06. The highest BCUT2D eigenvalue weighted by Gasteiger charge is 2.32. The van der Waals surface area contributed by atoms with Crippen LogP contribution in [0, 0.1) is 5.41 Å². The molecule has 0 spiro atoms. The molecule has 1 saturated heterocycles. The largest absolute Gasteiger partial charge is 0.383 e. The Hall–Kier alpha value is -1.07. The number of nitrogens with zero attached hydrogens (tertiary/aromatic N) is 3. The Kier molecular flexibility index (Phi) is 4.70. The topological polar surface area (TPSA) is 42.3 Å². The fourth-order valence-electron chi connectivity index (χ4n) is 2.61. The summed E-state index contributed by atoms with van der Waals surface area (Å²) in [5, 5.41) is 8.09. The van der Waals surface area contributed by atoms with Crippen LogP contribution < -0.4 is 10.2 Å². The minimum atomic E-state index is 0.268. The number of ether oxygens (including phenoxy) is 1. The van der Waals surface area contributed by atoms with Gasteiger partial charge < -0.3 is 15.0 Å². The number of piperazine rings is 1. The van der Waals surface area contributed by atoms with Gasteiger partial charge in [0, 0.05) is 38.5 Å². The third kappa shape index (κ3) is 3.52. The van der Waals surface area contributed by atoms with Crippen molar-refractivity contribution in [3.05, 3.63) is 12.4 Å². The highest BCUT2D eigenvalue weighted by Crippen LogP contribution is 2.26. The van der Waals surface area contributed by atoms with Crippen molar-refractivity contribution in [2.75, 3.05) is 31.7 Å². The third-order valence-electron chi connectivity index (χ3n) is 4.09. The Morgan fingerprint density at radius 2 is 2.20 bits per heavy atom. The second-order valence-corrected chi connectivity index (χ2v) is 6.78. The molecule has 20 heavy (non-hydrogen) atoms. The monoisotopic (exact) mass is 280 g/mol. The zero-order chi connectivity index (χ0) is 14.8. The van der Waals surface area contributed by atoms with Crippen molar-refractivity contribution in [1.29, 1.82) is 0 Å².